The number of hydrogen-bond donors (Lipinski definition) is 2. The number of halogens is 1. The van der Waals surface area contributed by atoms with Crippen molar-refractivity contribution in [2.45, 2.75) is 50.6 Å². The Morgan fingerprint density at radius 3 is 2.75 bits per heavy atom. The molecule has 0 aliphatic carbocycles. The molecule has 3 aliphatic heterocycles. The predicted molar refractivity (Wildman–Crippen MR) is 78.7 cm³/mol. The molecule has 3 heterocycles. The summed E-state index contributed by atoms with van der Waals surface area (Å²) in [4.78, 5) is 26.0. The Morgan fingerprint density at radius 1 is 1.20 bits per heavy atom. The van der Waals surface area contributed by atoms with Gasteiger partial charge >= 0.3 is 0 Å². The van der Waals surface area contributed by atoms with E-state index in [1.807, 2.05) is 4.90 Å². The molecule has 6 heteroatoms. The number of nitrogens with one attached hydrogen (secondary N) is 2. The van der Waals surface area contributed by atoms with Crippen LogP contribution in [0.3, 0.4) is 0 Å². The van der Waals surface area contributed by atoms with Crippen LogP contribution in [-0.4, -0.2) is 48.4 Å². The second-order valence-corrected chi connectivity index (χ2v) is 6.09. The standard InChI is InChI=1S/C14H23N3O2.ClH/c18-13-7-11-2-3-12(9-16-13)17(11)14(19)4-1-10-5-6-15-8-10;/h10-12,15H,1-9H2,(H,16,18);1H. The van der Waals surface area contributed by atoms with Crippen molar-refractivity contribution in [3.63, 3.8) is 0 Å². The molecule has 0 saturated carbocycles. The number of carbonyl (C=O) groups excluding carboxylic acids is 2. The highest BCUT2D eigenvalue weighted by Gasteiger charge is 2.39. The summed E-state index contributed by atoms with van der Waals surface area (Å²) >= 11 is 0. The van der Waals surface area contributed by atoms with Gasteiger partial charge in [0.15, 0.2) is 0 Å². The normalized spacial score (nSPS) is 32.5. The maximum atomic E-state index is 12.4. The van der Waals surface area contributed by atoms with Gasteiger partial charge in [0.05, 0.1) is 0 Å². The van der Waals surface area contributed by atoms with Gasteiger partial charge < -0.3 is 15.5 Å². The lowest BCUT2D eigenvalue weighted by atomic mass is 10.0. The van der Waals surface area contributed by atoms with E-state index in [4.69, 9.17) is 0 Å². The van der Waals surface area contributed by atoms with Crippen LogP contribution in [0.5, 0.6) is 0 Å². The highest BCUT2D eigenvalue weighted by Crippen LogP contribution is 2.29. The van der Waals surface area contributed by atoms with Crippen LogP contribution in [0.25, 0.3) is 0 Å². The lowest BCUT2D eigenvalue weighted by Crippen LogP contribution is -2.42. The third kappa shape index (κ3) is 3.26. The minimum Gasteiger partial charge on any atom is -0.354 e. The molecule has 0 aromatic rings. The number of fused-ring (bicyclic) bond motifs is 2. The average molecular weight is 302 g/mol. The highest BCUT2D eigenvalue weighted by molar-refractivity contribution is 5.85. The molecule has 114 valence electrons. The molecule has 5 nitrogen and oxygen atoms in total. The summed E-state index contributed by atoms with van der Waals surface area (Å²) in [5.41, 5.74) is 0. The first-order chi connectivity index (χ1) is 9.24. The molecule has 0 aromatic heterocycles. The van der Waals surface area contributed by atoms with Crippen molar-refractivity contribution < 1.29 is 9.59 Å². The molecule has 0 radical (unpaired) electrons. The molecule has 3 atom stereocenters. The van der Waals surface area contributed by atoms with Crippen molar-refractivity contribution in [1.82, 2.24) is 15.5 Å². The van der Waals surface area contributed by atoms with E-state index in [9.17, 15) is 9.59 Å². The molecule has 20 heavy (non-hydrogen) atoms. The van der Waals surface area contributed by atoms with Crippen molar-refractivity contribution in [2.24, 2.45) is 5.92 Å². The topological polar surface area (TPSA) is 61.4 Å². The molecule has 2 amide bonds. The maximum Gasteiger partial charge on any atom is 0.223 e. The van der Waals surface area contributed by atoms with E-state index in [1.165, 1.54) is 6.42 Å². The van der Waals surface area contributed by atoms with E-state index < -0.39 is 0 Å². The predicted octanol–water partition coefficient (Wildman–Crippen LogP) is 0.677. The van der Waals surface area contributed by atoms with Crippen LogP contribution in [-0.2, 0) is 9.59 Å². The Balaban J connectivity index is 0.00000147. The van der Waals surface area contributed by atoms with Gasteiger partial charge in [0.25, 0.3) is 0 Å². The number of nitrogens with zero attached hydrogens (tertiary/aromatic N) is 1. The van der Waals surface area contributed by atoms with Gasteiger partial charge in [-0.1, -0.05) is 0 Å². The first-order valence-electron chi connectivity index (χ1n) is 7.52. The summed E-state index contributed by atoms with van der Waals surface area (Å²) in [6.45, 7) is 2.79. The van der Waals surface area contributed by atoms with E-state index in [-0.39, 0.29) is 36.3 Å². The van der Waals surface area contributed by atoms with E-state index in [0.717, 1.165) is 32.4 Å². The van der Waals surface area contributed by atoms with Crippen LogP contribution in [0.4, 0.5) is 0 Å². The van der Waals surface area contributed by atoms with Crippen LogP contribution in [0.2, 0.25) is 0 Å². The second kappa shape index (κ2) is 6.76. The number of carbonyl (C=O) groups is 2. The third-order valence-corrected chi connectivity index (χ3v) is 4.79. The summed E-state index contributed by atoms with van der Waals surface area (Å²) in [6, 6.07) is 0.396. The van der Waals surface area contributed by atoms with Crippen molar-refractivity contribution in [3.8, 4) is 0 Å². The zero-order valence-corrected chi connectivity index (χ0v) is 12.6. The van der Waals surface area contributed by atoms with Crippen LogP contribution in [0.1, 0.15) is 38.5 Å². The van der Waals surface area contributed by atoms with Gasteiger partial charge in [-0.15, -0.1) is 12.4 Å². The summed E-state index contributed by atoms with van der Waals surface area (Å²) in [6.07, 6.45) is 5.36. The second-order valence-electron chi connectivity index (χ2n) is 6.09. The monoisotopic (exact) mass is 301 g/mol. The van der Waals surface area contributed by atoms with Gasteiger partial charge in [-0.25, -0.2) is 0 Å². The Hall–Kier alpha value is -0.810. The number of rotatable bonds is 3. The summed E-state index contributed by atoms with van der Waals surface area (Å²) in [7, 11) is 0. The molecule has 3 saturated heterocycles. The van der Waals surface area contributed by atoms with Crippen molar-refractivity contribution in [3.05, 3.63) is 0 Å². The molecule has 2 bridgehead atoms. The molecular formula is C14H24ClN3O2. The fraction of sp³-hybridized carbons (Fsp3) is 0.857. The SMILES string of the molecule is Cl.O=C1CC2CCC(CN1)N2C(=O)CCC1CCNC1. The third-order valence-electron chi connectivity index (χ3n) is 4.79. The Morgan fingerprint density at radius 2 is 2.00 bits per heavy atom. The number of amides is 2. The minimum absolute atomic E-state index is 0. The fourth-order valence-electron chi connectivity index (χ4n) is 3.70. The van der Waals surface area contributed by atoms with E-state index in [2.05, 4.69) is 10.6 Å². The molecule has 3 fully saturated rings. The summed E-state index contributed by atoms with van der Waals surface area (Å²) in [5, 5.41) is 6.26. The zero-order valence-electron chi connectivity index (χ0n) is 11.8. The lowest BCUT2D eigenvalue weighted by Gasteiger charge is -2.27. The van der Waals surface area contributed by atoms with Crippen molar-refractivity contribution in [2.75, 3.05) is 19.6 Å². The Labute approximate surface area is 126 Å². The van der Waals surface area contributed by atoms with Gasteiger partial charge in [0, 0.05) is 31.5 Å². The van der Waals surface area contributed by atoms with Crippen LogP contribution in [0.15, 0.2) is 0 Å². The average Bonchev–Trinajstić information content (AvgIpc) is 2.98. The van der Waals surface area contributed by atoms with E-state index in [1.54, 1.807) is 0 Å². The minimum atomic E-state index is 0. The molecule has 3 unspecified atom stereocenters. The molecule has 2 N–H and O–H groups in total. The first kappa shape index (κ1) is 15.6. The largest absolute Gasteiger partial charge is 0.354 e. The highest BCUT2D eigenvalue weighted by atomic mass is 35.5. The first-order valence-corrected chi connectivity index (χ1v) is 7.52. The molecular weight excluding hydrogens is 278 g/mol. The van der Waals surface area contributed by atoms with E-state index in [0.29, 0.717) is 25.3 Å². The van der Waals surface area contributed by atoms with Crippen LogP contribution in [0, 0.1) is 5.92 Å². The van der Waals surface area contributed by atoms with Crippen molar-refractivity contribution >= 4 is 24.2 Å². The fourth-order valence-corrected chi connectivity index (χ4v) is 3.70. The molecule has 0 aromatic carbocycles. The van der Waals surface area contributed by atoms with Crippen LogP contribution < -0.4 is 10.6 Å². The van der Waals surface area contributed by atoms with Gasteiger partial charge in [-0.05, 0) is 44.7 Å². The Kier molecular flexibility index (Phi) is 5.27. The summed E-state index contributed by atoms with van der Waals surface area (Å²) < 4.78 is 0. The van der Waals surface area contributed by atoms with E-state index >= 15 is 0 Å². The zero-order chi connectivity index (χ0) is 13.2. The lowest BCUT2D eigenvalue weighted by molar-refractivity contribution is -0.134. The van der Waals surface area contributed by atoms with Gasteiger partial charge in [0.1, 0.15) is 0 Å². The molecule has 3 aliphatic rings. The van der Waals surface area contributed by atoms with Gasteiger partial charge in [0.2, 0.25) is 11.8 Å². The quantitative estimate of drug-likeness (QED) is 0.806. The Bertz CT molecular complexity index is 371. The van der Waals surface area contributed by atoms with Crippen LogP contribution >= 0.6 is 12.4 Å². The number of hydrogen-bond acceptors (Lipinski definition) is 3. The molecule has 0 spiro atoms. The smallest absolute Gasteiger partial charge is 0.223 e. The summed E-state index contributed by atoms with van der Waals surface area (Å²) in [5.74, 6) is 1.02. The van der Waals surface area contributed by atoms with Crippen molar-refractivity contribution in [1.29, 1.82) is 0 Å². The molecule has 3 rings (SSSR count). The maximum absolute atomic E-state index is 12.4. The van der Waals surface area contributed by atoms with Gasteiger partial charge in [-0.2, -0.15) is 0 Å². The van der Waals surface area contributed by atoms with Gasteiger partial charge in [-0.3, -0.25) is 9.59 Å².